The van der Waals surface area contributed by atoms with E-state index in [1.165, 1.54) is 43.4 Å². The van der Waals surface area contributed by atoms with E-state index < -0.39 is 0 Å². The molecule has 23 heavy (non-hydrogen) atoms. The van der Waals surface area contributed by atoms with Crippen LogP contribution in [-0.4, -0.2) is 44.3 Å². The normalized spacial score (nSPS) is 48.4. The molecule has 2 N–H and O–H groups in total. The van der Waals surface area contributed by atoms with Gasteiger partial charge in [0.25, 0.3) is 5.91 Å². The first-order valence-electron chi connectivity index (χ1n) is 9.75. The van der Waals surface area contributed by atoms with Crippen molar-refractivity contribution in [2.45, 2.75) is 64.6 Å². The molecule has 130 valence electrons. The molecule has 1 amide bonds. The van der Waals surface area contributed by atoms with E-state index in [0.717, 1.165) is 37.4 Å². The van der Waals surface area contributed by atoms with Crippen LogP contribution >= 0.6 is 0 Å². The number of hydrogen-bond donors (Lipinski definition) is 2. The molecule has 4 aliphatic carbocycles. The number of nitrogens with one attached hydrogen (secondary N) is 2. The van der Waals surface area contributed by atoms with Crippen LogP contribution < -0.4 is 10.2 Å². The molecule has 0 unspecified atom stereocenters. The molecule has 4 saturated carbocycles. The Kier molecular flexibility index (Phi) is 4.17. The Balaban J connectivity index is 1.28. The van der Waals surface area contributed by atoms with Crippen LogP contribution in [-0.2, 0) is 9.53 Å². The average molecular weight is 321 g/mol. The number of morpholine rings is 1. The maximum Gasteiger partial charge on any atom is 0.275 e. The van der Waals surface area contributed by atoms with E-state index in [0.29, 0.717) is 12.0 Å². The number of quaternary nitrogens is 1. The third-order valence-electron chi connectivity index (χ3n) is 6.85. The van der Waals surface area contributed by atoms with E-state index in [4.69, 9.17) is 4.74 Å². The summed E-state index contributed by atoms with van der Waals surface area (Å²) < 4.78 is 5.77. The monoisotopic (exact) mass is 321 g/mol. The maximum atomic E-state index is 12.4. The SMILES string of the molecule is C[C@@H]1C[NH+](CC(=O)NCC23CC4CC(CC(C4)C2)C3)C[C@@H](C)O1. The highest BCUT2D eigenvalue weighted by Gasteiger charge is 2.50. The van der Waals surface area contributed by atoms with Gasteiger partial charge < -0.3 is 15.0 Å². The lowest BCUT2D eigenvalue weighted by molar-refractivity contribution is -0.907. The Morgan fingerprint density at radius 3 is 2.09 bits per heavy atom. The average Bonchev–Trinajstić information content (AvgIpc) is 2.42. The van der Waals surface area contributed by atoms with Crippen molar-refractivity contribution in [2.75, 3.05) is 26.2 Å². The lowest BCUT2D eigenvalue weighted by Gasteiger charge is -2.56. The molecule has 0 radical (unpaired) electrons. The molecule has 4 nitrogen and oxygen atoms in total. The van der Waals surface area contributed by atoms with Crippen molar-refractivity contribution < 1.29 is 14.4 Å². The molecule has 1 aliphatic heterocycles. The summed E-state index contributed by atoms with van der Waals surface area (Å²) in [5.41, 5.74) is 0.450. The lowest BCUT2D eigenvalue weighted by Crippen LogP contribution is -3.16. The third-order valence-corrected chi connectivity index (χ3v) is 6.85. The standard InChI is InChI=1S/C19H32N2O2/c1-13-9-21(10-14(2)23-13)11-18(22)20-12-19-6-15-3-16(7-19)5-17(4-15)8-19/h13-17H,3-12H2,1-2H3,(H,20,22)/p+1/t13-,14-,15?,16?,17?,19?/m1/s1. The van der Waals surface area contributed by atoms with Gasteiger partial charge >= 0.3 is 0 Å². The van der Waals surface area contributed by atoms with E-state index in [2.05, 4.69) is 19.2 Å². The van der Waals surface area contributed by atoms with Crippen LogP contribution in [0.25, 0.3) is 0 Å². The fourth-order valence-electron chi connectivity index (χ4n) is 6.62. The van der Waals surface area contributed by atoms with Crippen LogP contribution in [0.3, 0.4) is 0 Å². The van der Waals surface area contributed by atoms with Crippen molar-refractivity contribution in [3.8, 4) is 0 Å². The number of rotatable bonds is 4. The summed E-state index contributed by atoms with van der Waals surface area (Å²) in [5, 5.41) is 3.32. The quantitative estimate of drug-likeness (QED) is 0.812. The Morgan fingerprint density at radius 1 is 1.04 bits per heavy atom. The fraction of sp³-hybridized carbons (Fsp3) is 0.947. The summed E-state index contributed by atoms with van der Waals surface area (Å²) in [6, 6.07) is 0. The first kappa shape index (κ1) is 15.9. The molecular weight excluding hydrogens is 288 g/mol. The Labute approximate surface area is 140 Å². The molecule has 0 aromatic heterocycles. The van der Waals surface area contributed by atoms with Gasteiger partial charge in [-0.05, 0) is 75.5 Å². The van der Waals surface area contributed by atoms with E-state index in [1.54, 1.807) is 0 Å². The van der Waals surface area contributed by atoms with Gasteiger partial charge in [0.05, 0.1) is 0 Å². The third kappa shape index (κ3) is 3.43. The number of carbonyl (C=O) groups is 1. The highest BCUT2D eigenvalue weighted by Crippen LogP contribution is 2.59. The maximum absolute atomic E-state index is 12.4. The zero-order valence-electron chi connectivity index (χ0n) is 14.8. The molecule has 0 aromatic carbocycles. The molecule has 4 bridgehead atoms. The van der Waals surface area contributed by atoms with E-state index in [9.17, 15) is 4.79 Å². The van der Waals surface area contributed by atoms with Crippen molar-refractivity contribution in [1.29, 1.82) is 0 Å². The van der Waals surface area contributed by atoms with Gasteiger partial charge in [0, 0.05) is 6.54 Å². The summed E-state index contributed by atoms with van der Waals surface area (Å²) in [6.07, 6.45) is 9.07. The molecule has 0 spiro atoms. The summed E-state index contributed by atoms with van der Waals surface area (Å²) in [4.78, 5) is 13.8. The van der Waals surface area contributed by atoms with Crippen molar-refractivity contribution in [2.24, 2.45) is 23.2 Å². The minimum atomic E-state index is 0.247. The van der Waals surface area contributed by atoms with Gasteiger partial charge in [-0.15, -0.1) is 0 Å². The number of carbonyl (C=O) groups excluding carboxylic acids is 1. The summed E-state index contributed by atoms with van der Waals surface area (Å²) >= 11 is 0. The largest absolute Gasteiger partial charge is 0.364 e. The Bertz CT molecular complexity index is 419. The van der Waals surface area contributed by atoms with E-state index >= 15 is 0 Å². The molecule has 2 atom stereocenters. The van der Waals surface area contributed by atoms with Gasteiger partial charge in [-0.1, -0.05) is 0 Å². The van der Waals surface area contributed by atoms with Crippen LogP contribution in [0.15, 0.2) is 0 Å². The van der Waals surface area contributed by atoms with Gasteiger partial charge in [0.15, 0.2) is 6.54 Å². The number of amides is 1. The molecule has 0 aromatic rings. The lowest BCUT2D eigenvalue weighted by atomic mass is 9.49. The predicted octanol–water partition coefficient (Wildman–Crippen LogP) is 1.01. The number of hydrogen-bond acceptors (Lipinski definition) is 2. The van der Waals surface area contributed by atoms with Crippen LogP contribution in [0.2, 0.25) is 0 Å². The second kappa shape index (κ2) is 6.03. The first-order chi connectivity index (χ1) is 11.0. The zero-order chi connectivity index (χ0) is 16.0. The minimum Gasteiger partial charge on any atom is -0.364 e. The van der Waals surface area contributed by atoms with Crippen LogP contribution in [0, 0.1) is 23.2 Å². The van der Waals surface area contributed by atoms with Gasteiger partial charge in [0.1, 0.15) is 25.3 Å². The Morgan fingerprint density at radius 2 is 1.57 bits per heavy atom. The van der Waals surface area contributed by atoms with Gasteiger partial charge in [-0.25, -0.2) is 0 Å². The van der Waals surface area contributed by atoms with Crippen molar-refractivity contribution in [3.05, 3.63) is 0 Å². The van der Waals surface area contributed by atoms with Gasteiger partial charge in [-0.2, -0.15) is 0 Å². The summed E-state index contributed by atoms with van der Waals surface area (Å²) in [5.74, 6) is 3.14. The van der Waals surface area contributed by atoms with Gasteiger partial charge in [-0.3, -0.25) is 4.79 Å². The second-order valence-corrected chi connectivity index (χ2v) is 9.29. The molecule has 4 heteroatoms. The molecular formula is C19H33N2O2+. The molecule has 1 saturated heterocycles. The number of ether oxygens (including phenoxy) is 1. The highest BCUT2D eigenvalue weighted by molar-refractivity contribution is 5.76. The smallest absolute Gasteiger partial charge is 0.275 e. The van der Waals surface area contributed by atoms with E-state index in [-0.39, 0.29) is 18.1 Å². The van der Waals surface area contributed by atoms with Crippen LogP contribution in [0.1, 0.15) is 52.4 Å². The summed E-state index contributed by atoms with van der Waals surface area (Å²) in [7, 11) is 0. The predicted molar refractivity (Wildman–Crippen MR) is 89.2 cm³/mol. The van der Waals surface area contributed by atoms with Crippen molar-refractivity contribution in [1.82, 2.24) is 5.32 Å². The minimum absolute atomic E-state index is 0.247. The molecule has 5 fully saturated rings. The van der Waals surface area contributed by atoms with Crippen molar-refractivity contribution in [3.63, 3.8) is 0 Å². The molecule has 1 heterocycles. The topological polar surface area (TPSA) is 42.8 Å². The molecule has 5 rings (SSSR count). The van der Waals surface area contributed by atoms with E-state index in [1.807, 2.05) is 0 Å². The fourth-order valence-corrected chi connectivity index (χ4v) is 6.62. The zero-order valence-corrected chi connectivity index (χ0v) is 14.8. The Hall–Kier alpha value is -0.610. The summed E-state index contributed by atoms with van der Waals surface area (Å²) in [6.45, 7) is 7.69. The van der Waals surface area contributed by atoms with Crippen LogP contribution in [0.4, 0.5) is 0 Å². The van der Waals surface area contributed by atoms with Gasteiger partial charge in [0.2, 0.25) is 0 Å². The highest BCUT2D eigenvalue weighted by atomic mass is 16.5. The van der Waals surface area contributed by atoms with Crippen LogP contribution in [0.5, 0.6) is 0 Å². The molecule has 5 aliphatic rings. The van der Waals surface area contributed by atoms with Crippen molar-refractivity contribution >= 4 is 5.91 Å². The first-order valence-corrected chi connectivity index (χ1v) is 9.75. The second-order valence-electron chi connectivity index (χ2n) is 9.29.